The van der Waals surface area contributed by atoms with Gasteiger partial charge in [-0.15, -0.1) is 0 Å². The molecule has 8 heteroatoms. The molecule has 3 rings (SSSR count). The van der Waals surface area contributed by atoms with Crippen molar-refractivity contribution in [3.8, 4) is 5.82 Å². The molecular weight excluding hydrogens is 394 g/mol. The van der Waals surface area contributed by atoms with Gasteiger partial charge in [0.25, 0.3) is 5.91 Å². The standard InChI is InChI=1S/C23H35N5O3/c1-17(2)28(22(30)31-23(3,4)5)16-18-10-9-13-27(15-18)21(29)19-14-24-25(6)20(19)26-11-7-8-12-26/h7-8,11-12,14,17-18H,9-10,13,15-16H2,1-6H3. The second kappa shape index (κ2) is 9.16. The zero-order chi connectivity index (χ0) is 22.8. The van der Waals surface area contributed by atoms with Crippen LogP contribution in [0.25, 0.3) is 5.82 Å². The summed E-state index contributed by atoms with van der Waals surface area (Å²) in [7, 11) is 1.84. The molecular formula is C23H35N5O3. The van der Waals surface area contributed by atoms with Crippen LogP contribution >= 0.6 is 0 Å². The van der Waals surface area contributed by atoms with E-state index >= 15 is 0 Å². The van der Waals surface area contributed by atoms with Crippen LogP contribution in [0.1, 0.15) is 57.8 Å². The zero-order valence-electron chi connectivity index (χ0n) is 19.5. The lowest BCUT2D eigenvalue weighted by Gasteiger charge is -2.37. The second-order valence-corrected chi connectivity index (χ2v) is 9.58. The number of hydrogen-bond acceptors (Lipinski definition) is 4. The van der Waals surface area contributed by atoms with E-state index in [1.54, 1.807) is 15.8 Å². The summed E-state index contributed by atoms with van der Waals surface area (Å²) in [5.41, 5.74) is 0.0562. The summed E-state index contributed by atoms with van der Waals surface area (Å²) in [5, 5.41) is 4.32. The largest absolute Gasteiger partial charge is 0.444 e. The molecule has 0 aliphatic carbocycles. The third-order valence-electron chi connectivity index (χ3n) is 5.50. The van der Waals surface area contributed by atoms with Gasteiger partial charge in [0.05, 0.1) is 6.20 Å². The average Bonchev–Trinajstić information content (AvgIpc) is 3.33. The Labute approximate surface area is 184 Å². The molecule has 0 radical (unpaired) electrons. The Balaban J connectivity index is 1.72. The van der Waals surface area contributed by atoms with Gasteiger partial charge in [0.2, 0.25) is 0 Å². The highest BCUT2D eigenvalue weighted by Crippen LogP contribution is 2.24. The van der Waals surface area contributed by atoms with Crippen molar-refractivity contribution in [3.63, 3.8) is 0 Å². The van der Waals surface area contributed by atoms with Gasteiger partial charge in [0, 0.05) is 45.1 Å². The molecule has 1 aliphatic rings. The quantitative estimate of drug-likeness (QED) is 0.726. The maximum atomic E-state index is 13.4. The summed E-state index contributed by atoms with van der Waals surface area (Å²) in [6, 6.07) is 3.88. The summed E-state index contributed by atoms with van der Waals surface area (Å²) in [6.45, 7) is 11.5. The van der Waals surface area contributed by atoms with E-state index in [1.165, 1.54) is 0 Å². The fourth-order valence-corrected chi connectivity index (χ4v) is 4.03. The van der Waals surface area contributed by atoms with E-state index in [2.05, 4.69) is 5.10 Å². The van der Waals surface area contributed by atoms with Crippen LogP contribution in [0.2, 0.25) is 0 Å². The molecule has 1 fully saturated rings. The molecule has 1 aliphatic heterocycles. The number of hydrogen-bond donors (Lipinski definition) is 0. The van der Waals surface area contributed by atoms with Crippen molar-refractivity contribution >= 4 is 12.0 Å². The van der Waals surface area contributed by atoms with Crippen molar-refractivity contribution in [1.82, 2.24) is 24.1 Å². The molecule has 0 aromatic carbocycles. The molecule has 1 saturated heterocycles. The van der Waals surface area contributed by atoms with Gasteiger partial charge in [-0.25, -0.2) is 4.79 Å². The molecule has 0 N–H and O–H groups in total. The van der Waals surface area contributed by atoms with Crippen LogP contribution in [-0.4, -0.2) is 67.4 Å². The molecule has 3 heterocycles. The lowest BCUT2D eigenvalue weighted by molar-refractivity contribution is 0.0124. The number of amides is 2. The Morgan fingerprint density at radius 3 is 2.55 bits per heavy atom. The summed E-state index contributed by atoms with van der Waals surface area (Å²) in [6.07, 6.45) is 7.06. The SMILES string of the molecule is CC(C)N(CC1CCCN(C(=O)c2cnn(C)c2-n2cccc2)C1)C(=O)OC(C)(C)C. The first-order valence-electron chi connectivity index (χ1n) is 11.0. The van der Waals surface area contributed by atoms with Crippen LogP contribution in [0.5, 0.6) is 0 Å². The molecule has 1 atom stereocenters. The normalized spacial score (nSPS) is 17.1. The first-order chi connectivity index (χ1) is 14.6. The lowest BCUT2D eigenvalue weighted by atomic mass is 9.96. The Bertz CT molecular complexity index is 895. The van der Waals surface area contributed by atoms with Crippen molar-refractivity contribution in [2.24, 2.45) is 13.0 Å². The molecule has 2 amide bonds. The first-order valence-corrected chi connectivity index (χ1v) is 11.0. The van der Waals surface area contributed by atoms with Crippen molar-refractivity contribution in [1.29, 1.82) is 0 Å². The van der Waals surface area contributed by atoms with Gasteiger partial charge in [-0.1, -0.05) is 0 Å². The molecule has 2 aromatic heterocycles. The van der Waals surface area contributed by atoms with Gasteiger partial charge in [-0.3, -0.25) is 9.48 Å². The minimum Gasteiger partial charge on any atom is -0.444 e. The van der Waals surface area contributed by atoms with Crippen LogP contribution in [0.3, 0.4) is 0 Å². The summed E-state index contributed by atoms with van der Waals surface area (Å²) in [4.78, 5) is 29.7. The summed E-state index contributed by atoms with van der Waals surface area (Å²) in [5.74, 6) is 0.948. The zero-order valence-corrected chi connectivity index (χ0v) is 19.5. The maximum Gasteiger partial charge on any atom is 0.410 e. The van der Waals surface area contributed by atoms with E-state index in [9.17, 15) is 9.59 Å². The number of carbonyl (C=O) groups is 2. The molecule has 2 aromatic rings. The number of aryl methyl sites for hydroxylation is 1. The van der Waals surface area contributed by atoms with E-state index in [0.717, 1.165) is 18.7 Å². The van der Waals surface area contributed by atoms with Crippen LogP contribution in [-0.2, 0) is 11.8 Å². The number of likely N-dealkylation sites (tertiary alicyclic amines) is 1. The number of carbonyl (C=O) groups excluding carboxylic acids is 2. The average molecular weight is 430 g/mol. The maximum absolute atomic E-state index is 13.4. The van der Waals surface area contributed by atoms with E-state index in [-0.39, 0.29) is 24.0 Å². The minimum atomic E-state index is -0.534. The molecule has 31 heavy (non-hydrogen) atoms. The Hall–Kier alpha value is -2.77. The number of ether oxygens (including phenoxy) is 1. The Morgan fingerprint density at radius 2 is 1.94 bits per heavy atom. The third kappa shape index (κ3) is 5.48. The van der Waals surface area contributed by atoms with E-state index in [0.29, 0.717) is 25.2 Å². The molecule has 0 spiro atoms. The van der Waals surface area contributed by atoms with Gasteiger partial charge >= 0.3 is 6.09 Å². The van der Waals surface area contributed by atoms with Crippen LogP contribution in [0.15, 0.2) is 30.7 Å². The molecule has 1 unspecified atom stereocenters. The molecule has 0 bridgehead atoms. The monoisotopic (exact) mass is 429 g/mol. The molecule has 8 nitrogen and oxygen atoms in total. The van der Waals surface area contributed by atoms with Crippen LogP contribution in [0, 0.1) is 5.92 Å². The first kappa shape index (κ1) is 22.9. The lowest BCUT2D eigenvalue weighted by Crippen LogP contribution is -2.48. The van der Waals surface area contributed by atoms with Crippen molar-refractivity contribution in [2.75, 3.05) is 19.6 Å². The Kier molecular flexibility index (Phi) is 6.77. The van der Waals surface area contributed by atoms with Crippen LogP contribution in [0.4, 0.5) is 4.79 Å². The number of piperidine rings is 1. The predicted octanol–water partition coefficient (Wildman–Crippen LogP) is 3.71. The fourth-order valence-electron chi connectivity index (χ4n) is 4.03. The van der Waals surface area contributed by atoms with E-state index < -0.39 is 5.60 Å². The highest BCUT2D eigenvalue weighted by molar-refractivity contribution is 5.97. The molecule has 170 valence electrons. The third-order valence-corrected chi connectivity index (χ3v) is 5.50. The second-order valence-electron chi connectivity index (χ2n) is 9.58. The molecule has 0 saturated carbocycles. The number of rotatable bonds is 5. The van der Waals surface area contributed by atoms with Crippen LogP contribution < -0.4 is 0 Å². The van der Waals surface area contributed by atoms with Crippen molar-refractivity contribution in [2.45, 2.75) is 59.1 Å². The van der Waals surface area contributed by atoms with Crippen molar-refractivity contribution in [3.05, 3.63) is 36.3 Å². The topological polar surface area (TPSA) is 72.6 Å². The highest BCUT2D eigenvalue weighted by atomic mass is 16.6. The van der Waals surface area contributed by atoms with E-state index in [4.69, 9.17) is 4.74 Å². The van der Waals surface area contributed by atoms with E-state index in [1.807, 2.05) is 75.7 Å². The summed E-state index contributed by atoms with van der Waals surface area (Å²) >= 11 is 0. The summed E-state index contributed by atoms with van der Waals surface area (Å²) < 4.78 is 9.23. The number of nitrogens with zero attached hydrogens (tertiary/aromatic N) is 5. The van der Waals surface area contributed by atoms with Gasteiger partial charge in [0.15, 0.2) is 0 Å². The predicted molar refractivity (Wildman–Crippen MR) is 119 cm³/mol. The highest BCUT2D eigenvalue weighted by Gasteiger charge is 2.31. The fraction of sp³-hybridized carbons (Fsp3) is 0.609. The van der Waals surface area contributed by atoms with Gasteiger partial charge in [-0.2, -0.15) is 5.10 Å². The van der Waals surface area contributed by atoms with Gasteiger partial charge in [-0.05, 0) is 65.5 Å². The number of aromatic nitrogens is 3. The van der Waals surface area contributed by atoms with Crippen molar-refractivity contribution < 1.29 is 14.3 Å². The Morgan fingerprint density at radius 1 is 1.26 bits per heavy atom. The van der Waals surface area contributed by atoms with Gasteiger partial charge in [0.1, 0.15) is 17.0 Å². The van der Waals surface area contributed by atoms with Gasteiger partial charge < -0.3 is 19.1 Å². The smallest absolute Gasteiger partial charge is 0.410 e. The minimum absolute atomic E-state index is 0.0186.